The lowest BCUT2D eigenvalue weighted by Crippen LogP contribution is -2.37. The molecule has 0 spiro atoms. The molecule has 0 aliphatic heterocycles. The zero-order chi connectivity index (χ0) is 88.4. The van der Waals surface area contributed by atoms with E-state index in [1.54, 1.807) is 0 Å². The molecule has 0 radical (unpaired) electrons. The number of rotatable bonds is 63. The van der Waals surface area contributed by atoms with Gasteiger partial charge in [0, 0.05) is 36.0 Å². The number of aliphatic hydroxyl groups excluding tert-OH is 1. The van der Waals surface area contributed by atoms with Gasteiger partial charge in [0.2, 0.25) is 0 Å². The van der Waals surface area contributed by atoms with Crippen LogP contribution in [0, 0.1) is 0 Å². The first-order valence-corrected chi connectivity index (χ1v) is 52.1. The first-order valence-electron chi connectivity index (χ1n) is 45.3. The minimum atomic E-state index is -4.42. The van der Waals surface area contributed by atoms with Crippen molar-refractivity contribution in [2.45, 2.75) is 373 Å². The number of benzene rings is 5. The van der Waals surface area contributed by atoms with Gasteiger partial charge in [-0.25, -0.2) is 4.57 Å². The molecule has 0 saturated carbocycles. The van der Waals surface area contributed by atoms with Gasteiger partial charge in [-0.1, -0.05) is 323 Å². The lowest BCUT2D eigenvalue weighted by molar-refractivity contribution is -0.137. The highest BCUT2D eigenvalue weighted by Crippen LogP contribution is 2.38. The van der Waals surface area contributed by atoms with Crippen LogP contribution in [0.1, 0.15) is 328 Å². The molecular weight excluding hydrogens is 1580 g/mol. The number of hydrogen-bond acceptors (Lipinski definition) is 12. The normalized spacial score (nSPS) is 13.3. The first kappa shape index (κ1) is 113. The number of nitrogens with two attached hydrogens (primary N) is 5. The molecule has 0 amide bonds. The molecule has 6 atom stereocenters. The topological polar surface area (TPSA) is 427 Å². The second kappa shape index (κ2) is 69.9. The van der Waals surface area contributed by atoms with Gasteiger partial charge >= 0.3 is 36.6 Å². The van der Waals surface area contributed by atoms with E-state index in [-0.39, 0.29) is 43.4 Å². The van der Waals surface area contributed by atoms with Gasteiger partial charge in [0.15, 0.2) is 0 Å². The van der Waals surface area contributed by atoms with Crippen molar-refractivity contribution in [1.82, 2.24) is 0 Å². The van der Waals surface area contributed by atoms with Crippen LogP contribution in [0.15, 0.2) is 133 Å². The second-order valence-corrected chi connectivity index (χ2v) is 39.1. The minimum Gasteiger partial charge on any atom is -0.481 e. The number of carboxylic acid groups (broad SMARTS) is 1. The van der Waals surface area contributed by atoms with Crippen LogP contribution in [-0.4, -0.2) is 111 Å². The SMILES string of the molecule is CCCCCCCCc1ccc(CCC(N)/C=C/P(=O)(O)O)cc1.CCCCCCCCc1ccc(CCC(N)C(O)CP(=O)(O)O)cc1.CCCCCCCCc1ccc(CCC(N)CC(=O)O)cc1.CCCCCCCCc1ccc(CCC(N)CCP(=O)(O)O)cc1.CCCCCCCCc1ccc(CCC(N)COP(=O)(O)O)cc1. The number of phosphoric ester groups is 1. The summed E-state index contributed by atoms with van der Waals surface area (Å²) in [6.45, 7) is 11.1. The molecule has 0 fully saturated rings. The maximum atomic E-state index is 10.9. The van der Waals surface area contributed by atoms with E-state index >= 15 is 0 Å². The Morgan fingerprint density at radius 1 is 0.336 bits per heavy atom. The maximum absolute atomic E-state index is 10.9. The fraction of sp³-hybridized carbons (Fsp3) is 0.649. The molecule has 21 nitrogen and oxygen atoms in total. The van der Waals surface area contributed by atoms with Crippen molar-refractivity contribution in [3.05, 3.63) is 189 Å². The molecule has 0 aliphatic rings. The van der Waals surface area contributed by atoms with Crippen molar-refractivity contribution in [1.29, 1.82) is 0 Å². The molecule has 5 aromatic rings. The standard InChI is InChI=1S/C19H34NO4P.C19H34NO3P.C19H32NO3P.C19H31NO2.C18H32NO4P/c1-2-3-4-5-6-7-8-16-9-11-17(12-10-16)13-14-18(20)19(21)15-25(22,23)24;2*1-2-3-4-5-6-7-8-17-9-11-18(12-10-17)13-14-19(20)15-16-24(21,22)23;1-2-3-4-5-6-7-8-16-9-11-17(12-10-16)13-14-18(20)15-19(21)22;1-2-3-4-5-6-7-8-16-9-11-17(12-10-16)13-14-18(19)15-23-24(20,21)22/h9-12,18-19,21H,2-8,13-15,20H2,1H3,(H2,22,23,24);9-12,19H,2-8,13-16,20H2,1H3,(H2,21,22,23);9-12,15-16,19H,2-8,13-14,20H2,1H3,(H2,21,22,23);9-12,18H,2-8,13-15,20H2,1H3,(H,21,22);9-12,18H,2-8,13-15,19H2,1H3,(H2,20,21,22)/b;;16-15+;;. The van der Waals surface area contributed by atoms with Crippen LogP contribution < -0.4 is 28.7 Å². The predicted molar refractivity (Wildman–Crippen MR) is 495 cm³/mol. The molecule has 20 N–H and O–H groups in total. The first-order chi connectivity index (χ1) is 56.6. The van der Waals surface area contributed by atoms with Gasteiger partial charge in [0.05, 0.1) is 31.5 Å². The van der Waals surface area contributed by atoms with Crippen LogP contribution in [0.3, 0.4) is 0 Å². The molecule has 119 heavy (non-hydrogen) atoms. The van der Waals surface area contributed by atoms with E-state index in [1.165, 1.54) is 249 Å². The molecule has 0 aliphatic carbocycles. The van der Waals surface area contributed by atoms with Gasteiger partial charge in [-0.3, -0.25) is 23.0 Å². The van der Waals surface area contributed by atoms with Crippen molar-refractivity contribution in [2.24, 2.45) is 28.7 Å². The Morgan fingerprint density at radius 2 is 0.588 bits per heavy atom. The number of carbonyl (C=O) groups is 1. The Labute approximate surface area is 718 Å². The fourth-order valence-electron chi connectivity index (χ4n) is 13.6. The minimum absolute atomic E-state index is 0.0517. The van der Waals surface area contributed by atoms with E-state index in [0.717, 1.165) is 82.0 Å². The molecule has 0 bridgehead atoms. The van der Waals surface area contributed by atoms with E-state index < -0.39 is 54.9 Å². The van der Waals surface area contributed by atoms with Gasteiger partial charge in [-0.05, 0) is 190 Å². The second-order valence-electron chi connectivity index (χ2n) is 32.9. The monoisotopic (exact) mass is 1740 g/mol. The lowest BCUT2D eigenvalue weighted by atomic mass is 10.00. The largest absolute Gasteiger partial charge is 0.481 e. The summed E-state index contributed by atoms with van der Waals surface area (Å²) < 4.78 is 47.5. The van der Waals surface area contributed by atoms with Crippen LogP contribution in [-0.2, 0) is 91.8 Å². The molecule has 0 aromatic heterocycles. The number of phosphoric acid groups is 1. The van der Waals surface area contributed by atoms with Gasteiger partial charge < -0.3 is 78.0 Å². The number of unbranched alkanes of at least 4 members (excludes halogenated alkanes) is 25. The lowest BCUT2D eigenvalue weighted by Gasteiger charge is -2.19. The maximum Gasteiger partial charge on any atom is 0.469 e. The highest BCUT2D eigenvalue weighted by atomic mass is 31.2. The summed E-state index contributed by atoms with van der Waals surface area (Å²) in [6.07, 6.45) is 52.4. The predicted octanol–water partition coefficient (Wildman–Crippen LogP) is 20.6. The van der Waals surface area contributed by atoms with Crippen LogP contribution in [0.25, 0.3) is 0 Å². The summed E-state index contributed by atoms with van der Waals surface area (Å²) in [7, 11) is -16.7. The molecule has 25 heteroatoms. The van der Waals surface area contributed by atoms with E-state index in [4.69, 9.17) is 72.9 Å². The van der Waals surface area contributed by atoms with Crippen molar-refractivity contribution in [2.75, 3.05) is 18.9 Å². The van der Waals surface area contributed by atoms with E-state index in [9.17, 15) is 28.2 Å². The molecule has 680 valence electrons. The van der Waals surface area contributed by atoms with Gasteiger partial charge in [-0.2, -0.15) is 0 Å². The molecule has 0 heterocycles. The van der Waals surface area contributed by atoms with Crippen LogP contribution in [0.5, 0.6) is 0 Å². The van der Waals surface area contributed by atoms with Crippen LogP contribution in [0.4, 0.5) is 0 Å². The summed E-state index contributed by atoms with van der Waals surface area (Å²) in [5.41, 5.74) is 42.1. The van der Waals surface area contributed by atoms with Crippen molar-refractivity contribution < 1.29 is 76.9 Å². The zero-order valence-corrected chi connectivity index (χ0v) is 77.2. The summed E-state index contributed by atoms with van der Waals surface area (Å²) >= 11 is 0. The van der Waals surface area contributed by atoms with Gasteiger partial charge in [-0.15, -0.1) is 0 Å². The number of carboxylic acids is 1. The van der Waals surface area contributed by atoms with E-state index in [2.05, 4.69) is 160 Å². The summed E-state index contributed by atoms with van der Waals surface area (Å²) in [6, 6.07) is 41.3. The fourth-order valence-corrected chi connectivity index (χ4v) is 15.9. The number of aliphatic hydroxyl groups is 1. The Kier molecular flexibility index (Phi) is 66.1. The molecule has 0 saturated heterocycles. The van der Waals surface area contributed by atoms with Crippen LogP contribution >= 0.6 is 30.6 Å². The molecular formula is C94H163N5O16P4. The summed E-state index contributed by atoms with van der Waals surface area (Å²) in [5, 5.41) is 18.4. The van der Waals surface area contributed by atoms with Crippen LogP contribution in [0.2, 0.25) is 0 Å². The third-order valence-electron chi connectivity index (χ3n) is 21.3. The van der Waals surface area contributed by atoms with Crippen molar-refractivity contribution in [3.63, 3.8) is 0 Å². The van der Waals surface area contributed by atoms with Crippen molar-refractivity contribution in [3.8, 4) is 0 Å². The Hall–Kier alpha value is -4.37. The number of aryl methyl sites for hydroxylation is 10. The Bertz CT molecular complexity index is 3390. The third-order valence-corrected chi connectivity index (χ3v) is 24.0. The average molecular weight is 1740 g/mol. The highest BCUT2D eigenvalue weighted by molar-refractivity contribution is 7.55. The van der Waals surface area contributed by atoms with E-state index in [1.807, 2.05) is 0 Å². The van der Waals surface area contributed by atoms with Gasteiger partial charge in [0.1, 0.15) is 0 Å². The molecule has 6 unspecified atom stereocenters. The average Bonchev–Trinajstić information content (AvgIpc) is 0.912. The van der Waals surface area contributed by atoms with Gasteiger partial charge in [0.25, 0.3) is 0 Å². The molecule has 5 aromatic carbocycles. The smallest absolute Gasteiger partial charge is 0.469 e. The Morgan fingerprint density at radius 3 is 0.849 bits per heavy atom. The third kappa shape index (κ3) is 70.6. The zero-order valence-electron chi connectivity index (χ0n) is 73.6. The number of aliphatic carboxylic acids is 1. The Balaban J connectivity index is 0.000000744. The van der Waals surface area contributed by atoms with E-state index in [0.29, 0.717) is 32.1 Å². The summed E-state index contributed by atoms with van der Waals surface area (Å²) in [4.78, 5) is 80.9. The molecule has 5 rings (SSSR count). The quantitative estimate of drug-likeness (QED) is 0.0127. The highest BCUT2D eigenvalue weighted by Gasteiger charge is 2.25. The van der Waals surface area contributed by atoms with Crippen molar-refractivity contribution >= 4 is 36.6 Å². The number of hydrogen-bond donors (Lipinski definition) is 15. The summed E-state index contributed by atoms with van der Waals surface area (Å²) in [5.74, 6) is 0.0724.